The van der Waals surface area contributed by atoms with Crippen LogP contribution in [-0.2, 0) is 11.2 Å². The third-order valence-corrected chi connectivity index (χ3v) is 4.06. The molecule has 3 nitrogen and oxygen atoms in total. The maximum atomic E-state index is 11.6. The van der Waals surface area contributed by atoms with Crippen molar-refractivity contribution in [2.24, 2.45) is 5.41 Å². The fourth-order valence-corrected chi connectivity index (χ4v) is 3.00. The number of rotatable bonds is 5. The summed E-state index contributed by atoms with van der Waals surface area (Å²) in [6.45, 7) is 5.48. The van der Waals surface area contributed by atoms with Crippen LogP contribution < -0.4 is 4.90 Å². The molecular weight excluding hydrogens is 238 g/mol. The predicted molar refractivity (Wildman–Crippen MR) is 77.6 cm³/mol. The number of para-hydroxylation sites is 1. The Hall–Kier alpha value is -1.51. The van der Waals surface area contributed by atoms with Crippen molar-refractivity contribution in [2.45, 2.75) is 39.5 Å². The summed E-state index contributed by atoms with van der Waals surface area (Å²) < 4.78 is 0. The lowest BCUT2D eigenvalue weighted by atomic mass is 9.84. The van der Waals surface area contributed by atoms with Crippen LogP contribution in [0.5, 0.6) is 0 Å². The number of hydrogen-bond acceptors (Lipinski definition) is 2. The van der Waals surface area contributed by atoms with Gasteiger partial charge in [0.15, 0.2) is 0 Å². The molecule has 1 atom stereocenters. The van der Waals surface area contributed by atoms with Gasteiger partial charge in [0.2, 0.25) is 0 Å². The number of nitrogens with zero attached hydrogens (tertiary/aromatic N) is 1. The average molecular weight is 261 g/mol. The van der Waals surface area contributed by atoms with Crippen LogP contribution >= 0.6 is 0 Å². The van der Waals surface area contributed by atoms with Crippen molar-refractivity contribution >= 4 is 11.7 Å². The van der Waals surface area contributed by atoms with E-state index in [-0.39, 0.29) is 0 Å². The van der Waals surface area contributed by atoms with E-state index in [9.17, 15) is 9.90 Å². The number of aliphatic carboxylic acids is 1. The van der Waals surface area contributed by atoms with Crippen LogP contribution in [0.1, 0.15) is 38.7 Å². The van der Waals surface area contributed by atoms with Gasteiger partial charge in [-0.1, -0.05) is 31.5 Å². The largest absolute Gasteiger partial charge is 0.481 e. The number of carbonyl (C=O) groups is 1. The molecule has 19 heavy (non-hydrogen) atoms. The van der Waals surface area contributed by atoms with E-state index in [1.807, 2.05) is 19.9 Å². The van der Waals surface area contributed by atoms with Crippen LogP contribution in [-0.4, -0.2) is 24.2 Å². The van der Waals surface area contributed by atoms with Gasteiger partial charge in [-0.05, 0) is 37.8 Å². The molecule has 0 amide bonds. The van der Waals surface area contributed by atoms with Crippen molar-refractivity contribution in [3.8, 4) is 0 Å². The Morgan fingerprint density at radius 3 is 2.84 bits per heavy atom. The first-order valence-corrected chi connectivity index (χ1v) is 7.13. The lowest BCUT2D eigenvalue weighted by Crippen LogP contribution is -2.43. The monoisotopic (exact) mass is 261 g/mol. The van der Waals surface area contributed by atoms with Gasteiger partial charge in [0.05, 0.1) is 5.41 Å². The van der Waals surface area contributed by atoms with Crippen LogP contribution in [0, 0.1) is 5.41 Å². The van der Waals surface area contributed by atoms with Crippen LogP contribution in [0.25, 0.3) is 0 Å². The Morgan fingerprint density at radius 2 is 2.16 bits per heavy atom. The van der Waals surface area contributed by atoms with E-state index >= 15 is 0 Å². The second kappa shape index (κ2) is 5.64. The molecule has 0 saturated carbocycles. The third kappa shape index (κ3) is 2.91. The minimum atomic E-state index is -0.683. The van der Waals surface area contributed by atoms with Gasteiger partial charge in [-0.15, -0.1) is 0 Å². The van der Waals surface area contributed by atoms with E-state index in [2.05, 4.69) is 23.1 Å². The summed E-state index contributed by atoms with van der Waals surface area (Å²) in [5.74, 6) is -0.683. The Labute approximate surface area is 115 Å². The molecule has 1 aromatic carbocycles. The second-order valence-electron chi connectivity index (χ2n) is 5.77. The Morgan fingerprint density at radius 1 is 1.42 bits per heavy atom. The summed E-state index contributed by atoms with van der Waals surface area (Å²) in [7, 11) is 0. The first kappa shape index (κ1) is 13.9. The smallest absolute Gasteiger partial charge is 0.311 e. The molecule has 0 saturated heterocycles. The minimum Gasteiger partial charge on any atom is -0.481 e. The molecule has 104 valence electrons. The summed E-state index contributed by atoms with van der Waals surface area (Å²) >= 11 is 0. The molecule has 1 unspecified atom stereocenters. The fourth-order valence-electron chi connectivity index (χ4n) is 3.00. The van der Waals surface area contributed by atoms with Gasteiger partial charge in [0.1, 0.15) is 0 Å². The predicted octanol–water partition coefficient (Wildman–Crippen LogP) is 3.33. The molecule has 1 aliphatic heterocycles. The van der Waals surface area contributed by atoms with E-state index < -0.39 is 11.4 Å². The average Bonchev–Trinajstić information content (AvgIpc) is 2.39. The standard InChI is InChI=1S/C16H23NO2/c1-3-10-16(2,15(18)19)12-17-11-6-8-13-7-4-5-9-14(13)17/h4-5,7,9H,3,6,8,10-12H2,1-2H3,(H,18,19). The number of aryl methyl sites for hydroxylation is 1. The van der Waals surface area contributed by atoms with Crippen LogP contribution in [0.3, 0.4) is 0 Å². The molecule has 1 heterocycles. The summed E-state index contributed by atoms with van der Waals surface area (Å²) in [6, 6.07) is 8.36. The van der Waals surface area contributed by atoms with Gasteiger partial charge >= 0.3 is 5.97 Å². The molecule has 1 aliphatic rings. The zero-order valence-corrected chi connectivity index (χ0v) is 11.9. The van der Waals surface area contributed by atoms with E-state index in [0.717, 1.165) is 32.2 Å². The highest BCUT2D eigenvalue weighted by atomic mass is 16.4. The SMILES string of the molecule is CCCC(C)(CN1CCCc2ccccc21)C(=O)O. The Kier molecular flexibility index (Phi) is 4.13. The van der Waals surface area contributed by atoms with E-state index in [4.69, 9.17) is 0 Å². The molecule has 1 aromatic rings. The van der Waals surface area contributed by atoms with Crippen molar-refractivity contribution in [2.75, 3.05) is 18.0 Å². The van der Waals surface area contributed by atoms with E-state index in [0.29, 0.717) is 6.54 Å². The molecule has 0 fully saturated rings. The summed E-state index contributed by atoms with van der Waals surface area (Å²) in [4.78, 5) is 13.8. The van der Waals surface area contributed by atoms with E-state index in [1.165, 1.54) is 11.3 Å². The maximum Gasteiger partial charge on any atom is 0.311 e. The summed E-state index contributed by atoms with van der Waals surface area (Å²) in [6.07, 6.45) is 3.84. The van der Waals surface area contributed by atoms with Crippen molar-refractivity contribution in [1.29, 1.82) is 0 Å². The van der Waals surface area contributed by atoms with Gasteiger partial charge in [-0.3, -0.25) is 4.79 Å². The molecule has 3 heteroatoms. The fraction of sp³-hybridized carbons (Fsp3) is 0.562. The first-order chi connectivity index (χ1) is 9.07. The molecule has 0 spiro atoms. The quantitative estimate of drug-likeness (QED) is 0.883. The molecule has 0 radical (unpaired) electrons. The van der Waals surface area contributed by atoms with Gasteiger partial charge in [-0.25, -0.2) is 0 Å². The Balaban J connectivity index is 2.22. The van der Waals surface area contributed by atoms with Gasteiger partial charge in [-0.2, -0.15) is 0 Å². The van der Waals surface area contributed by atoms with Gasteiger partial charge in [0, 0.05) is 18.8 Å². The molecule has 0 bridgehead atoms. The van der Waals surface area contributed by atoms with Crippen molar-refractivity contribution in [1.82, 2.24) is 0 Å². The highest BCUT2D eigenvalue weighted by molar-refractivity contribution is 5.75. The molecular formula is C16H23NO2. The minimum absolute atomic E-state index is 0.604. The molecule has 0 aromatic heterocycles. The lowest BCUT2D eigenvalue weighted by molar-refractivity contribution is -0.147. The Bertz CT molecular complexity index is 458. The molecule has 0 aliphatic carbocycles. The first-order valence-electron chi connectivity index (χ1n) is 7.13. The van der Waals surface area contributed by atoms with Crippen molar-refractivity contribution < 1.29 is 9.90 Å². The van der Waals surface area contributed by atoms with Crippen molar-refractivity contribution in [3.63, 3.8) is 0 Å². The number of benzene rings is 1. The van der Waals surface area contributed by atoms with Crippen molar-refractivity contribution in [3.05, 3.63) is 29.8 Å². The topological polar surface area (TPSA) is 40.5 Å². The zero-order valence-electron chi connectivity index (χ0n) is 11.9. The number of anilines is 1. The van der Waals surface area contributed by atoms with Crippen LogP contribution in [0.2, 0.25) is 0 Å². The molecule has 1 N–H and O–H groups in total. The summed E-state index contributed by atoms with van der Waals surface area (Å²) in [5, 5.41) is 9.52. The van der Waals surface area contributed by atoms with Gasteiger partial charge in [0.25, 0.3) is 0 Å². The number of carboxylic acid groups (broad SMARTS) is 1. The highest BCUT2D eigenvalue weighted by Gasteiger charge is 2.35. The molecule has 2 rings (SSSR count). The van der Waals surface area contributed by atoms with Crippen LogP contribution in [0.4, 0.5) is 5.69 Å². The van der Waals surface area contributed by atoms with Gasteiger partial charge < -0.3 is 10.0 Å². The number of carboxylic acids is 1. The van der Waals surface area contributed by atoms with E-state index in [1.54, 1.807) is 0 Å². The van der Waals surface area contributed by atoms with Crippen LogP contribution in [0.15, 0.2) is 24.3 Å². The third-order valence-electron chi connectivity index (χ3n) is 4.06. The number of hydrogen-bond donors (Lipinski definition) is 1. The normalized spacial score (nSPS) is 17.7. The highest BCUT2D eigenvalue weighted by Crippen LogP contribution is 2.32. The number of fused-ring (bicyclic) bond motifs is 1. The lowest BCUT2D eigenvalue weighted by Gasteiger charge is -2.37. The maximum absolute atomic E-state index is 11.6. The second-order valence-corrected chi connectivity index (χ2v) is 5.77. The zero-order chi connectivity index (χ0) is 13.9. The summed E-state index contributed by atoms with van der Waals surface area (Å²) in [5.41, 5.74) is 1.91.